The minimum atomic E-state index is 0.331. The van der Waals surface area contributed by atoms with E-state index in [1.807, 2.05) is 0 Å². The van der Waals surface area contributed by atoms with Crippen LogP contribution < -0.4 is 5.32 Å². The number of unbranched alkanes of at least 4 members (excludes halogenated alkanes) is 1. The van der Waals surface area contributed by atoms with Crippen LogP contribution in [0, 0.1) is 0 Å². The normalized spacial score (nSPS) is 12.1. The largest absolute Gasteiger partial charge is 0.379 e. The molecule has 0 radical (unpaired) electrons. The quantitative estimate of drug-likeness (QED) is 0.680. The fraction of sp³-hybridized carbons (Fsp3) is 0.400. The summed E-state index contributed by atoms with van der Waals surface area (Å²) in [5.41, 5.74) is 5.37. The van der Waals surface area contributed by atoms with Gasteiger partial charge in [0.2, 0.25) is 0 Å². The molecule has 1 N–H and O–H groups in total. The molecule has 2 rings (SSSR count). The third kappa shape index (κ3) is 4.63. The molecular formula is C20H27N. The molecule has 112 valence electrons. The van der Waals surface area contributed by atoms with Crippen molar-refractivity contribution < 1.29 is 0 Å². The maximum absolute atomic E-state index is 3.60. The first-order valence-corrected chi connectivity index (χ1v) is 8.17. The molecule has 0 heterocycles. The summed E-state index contributed by atoms with van der Waals surface area (Å²) >= 11 is 0. The molecule has 0 saturated carbocycles. The number of aryl methyl sites for hydroxylation is 2. The SMILES string of the molecule is CCCCc1ccc(C(C)Nc2cccc(CC)c2)cc1. The van der Waals surface area contributed by atoms with Gasteiger partial charge in [-0.3, -0.25) is 0 Å². The highest BCUT2D eigenvalue weighted by atomic mass is 14.9. The van der Waals surface area contributed by atoms with Crippen molar-refractivity contribution in [1.29, 1.82) is 0 Å². The maximum atomic E-state index is 3.60. The van der Waals surface area contributed by atoms with Gasteiger partial charge in [-0.05, 0) is 55.0 Å². The highest BCUT2D eigenvalue weighted by molar-refractivity contribution is 5.47. The molecule has 0 aromatic heterocycles. The van der Waals surface area contributed by atoms with Crippen LogP contribution in [0.15, 0.2) is 48.5 Å². The molecule has 1 atom stereocenters. The smallest absolute Gasteiger partial charge is 0.0485 e. The fourth-order valence-electron chi connectivity index (χ4n) is 2.57. The minimum absolute atomic E-state index is 0.331. The molecule has 1 heteroatoms. The van der Waals surface area contributed by atoms with Crippen LogP contribution in [0.1, 0.15) is 56.3 Å². The van der Waals surface area contributed by atoms with E-state index in [1.54, 1.807) is 0 Å². The van der Waals surface area contributed by atoms with Gasteiger partial charge < -0.3 is 5.32 Å². The highest BCUT2D eigenvalue weighted by Crippen LogP contribution is 2.21. The summed E-state index contributed by atoms with van der Waals surface area (Å²) in [6, 6.07) is 18.1. The van der Waals surface area contributed by atoms with Gasteiger partial charge in [0.05, 0.1) is 0 Å². The van der Waals surface area contributed by atoms with Gasteiger partial charge in [0, 0.05) is 11.7 Å². The van der Waals surface area contributed by atoms with Crippen LogP contribution in [0.2, 0.25) is 0 Å². The van der Waals surface area contributed by atoms with Crippen molar-refractivity contribution >= 4 is 5.69 Å². The Hall–Kier alpha value is -1.76. The second kappa shape index (κ2) is 7.87. The van der Waals surface area contributed by atoms with Crippen LogP contribution in [-0.2, 0) is 12.8 Å². The Bertz CT molecular complexity index is 542. The van der Waals surface area contributed by atoms with Crippen LogP contribution in [-0.4, -0.2) is 0 Å². The van der Waals surface area contributed by atoms with Crippen LogP contribution in [0.3, 0.4) is 0 Å². The Morgan fingerprint density at radius 1 is 0.952 bits per heavy atom. The zero-order chi connectivity index (χ0) is 15.1. The predicted octanol–water partition coefficient (Wildman–Crippen LogP) is 5.76. The molecule has 1 unspecified atom stereocenters. The number of hydrogen-bond donors (Lipinski definition) is 1. The van der Waals surface area contributed by atoms with Crippen LogP contribution in [0.25, 0.3) is 0 Å². The van der Waals surface area contributed by atoms with E-state index in [0.717, 1.165) is 6.42 Å². The number of nitrogens with one attached hydrogen (secondary N) is 1. The third-order valence-corrected chi connectivity index (χ3v) is 4.02. The molecule has 0 aliphatic heterocycles. The summed E-state index contributed by atoms with van der Waals surface area (Å²) in [5, 5.41) is 3.60. The fourth-order valence-corrected chi connectivity index (χ4v) is 2.57. The Balaban J connectivity index is 2.00. The Morgan fingerprint density at radius 2 is 1.71 bits per heavy atom. The first kappa shape index (κ1) is 15.6. The second-order valence-corrected chi connectivity index (χ2v) is 5.77. The topological polar surface area (TPSA) is 12.0 Å². The van der Waals surface area contributed by atoms with Crippen molar-refractivity contribution in [2.45, 2.75) is 52.5 Å². The summed E-state index contributed by atoms with van der Waals surface area (Å²) in [5.74, 6) is 0. The lowest BCUT2D eigenvalue weighted by atomic mass is 10.0. The van der Waals surface area contributed by atoms with E-state index in [-0.39, 0.29) is 0 Å². The summed E-state index contributed by atoms with van der Waals surface area (Å²) in [7, 11) is 0. The van der Waals surface area contributed by atoms with Gasteiger partial charge in [-0.2, -0.15) is 0 Å². The molecule has 0 fully saturated rings. The van der Waals surface area contributed by atoms with E-state index in [4.69, 9.17) is 0 Å². The lowest BCUT2D eigenvalue weighted by Crippen LogP contribution is -2.06. The van der Waals surface area contributed by atoms with Gasteiger partial charge in [-0.15, -0.1) is 0 Å². The molecule has 21 heavy (non-hydrogen) atoms. The van der Waals surface area contributed by atoms with Gasteiger partial charge >= 0.3 is 0 Å². The van der Waals surface area contributed by atoms with Crippen molar-refractivity contribution in [3.63, 3.8) is 0 Å². The zero-order valence-corrected chi connectivity index (χ0v) is 13.5. The number of hydrogen-bond acceptors (Lipinski definition) is 1. The molecule has 0 spiro atoms. The molecular weight excluding hydrogens is 254 g/mol. The van der Waals surface area contributed by atoms with Gasteiger partial charge in [0.1, 0.15) is 0 Å². The molecule has 2 aromatic carbocycles. The Labute approximate surface area is 129 Å². The molecule has 0 bridgehead atoms. The van der Waals surface area contributed by atoms with E-state index in [0.29, 0.717) is 6.04 Å². The van der Waals surface area contributed by atoms with E-state index < -0.39 is 0 Å². The van der Waals surface area contributed by atoms with Crippen molar-refractivity contribution in [2.75, 3.05) is 5.32 Å². The standard InChI is InChI=1S/C20H27N/c1-4-6-8-18-11-13-19(14-12-18)16(3)21-20-10-7-9-17(5-2)15-20/h7,9-16,21H,4-6,8H2,1-3H3. The predicted molar refractivity (Wildman–Crippen MR) is 92.9 cm³/mol. The van der Waals surface area contributed by atoms with E-state index >= 15 is 0 Å². The van der Waals surface area contributed by atoms with Crippen LogP contribution >= 0.6 is 0 Å². The summed E-state index contributed by atoms with van der Waals surface area (Å²) in [4.78, 5) is 0. The van der Waals surface area contributed by atoms with Crippen molar-refractivity contribution in [1.82, 2.24) is 0 Å². The summed E-state index contributed by atoms with van der Waals surface area (Å²) in [6.07, 6.45) is 4.80. The second-order valence-electron chi connectivity index (χ2n) is 5.77. The van der Waals surface area contributed by atoms with Crippen molar-refractivity contribution in [3.05, 3.63) is 65.2 Å². The number of anilines is 1. The van der Waals surface area contributed by atoms with Crippen molar-refractivity contribution in [2.24, 2.45) is 0 Å². The molecule has 2 aromatic rings. The Morgan fingerprint density at radius 3 is 2.38 bits per heavy atom. The zero-order valence-electron chi connectivity index (χ0n) is 13.5. The van der Waals surface area contributed by atoms with E-state index in [1.165, 1.54) is 41.6 Å². The monoisotopic (exact) mass is 281 g/mol. The van der Waals surface area contributed by atoms with Crippen LogP contribution in [0.4, 0.5) is 5.69 Å². The summed E-state index contributed by atoms with van der Waals surface area (Å²) in [6.45, 7) is 6.65. The number of rotatable bonds is 7. The minimum Gasteiger partial charge on any atom is -0.379 e. The molecule has 1 nitrogen and oxygen atoms in total. The molecule has 0 aliphatic rings. The van der Waals surface area contributed by atoms with Crippen molar-refractivity contribution in [3.8, 4) is 0 Å². The summed E-state index contributed by atoms with van der Waals surface area (Å²) < 4.78 is 0. The highest BCUT2D eigenvalue weighted by Gasteiger charge is 2.05. The van der Waals surface area contributed by atoms with Crippen LogP contribution in [0.5, 0.6) is 0 Å². The van der Waals surface area contributed by atoms with Gasteiger partial charge in [0.25, 0.3) is 0 Å². The van der Waals surface area contributed by atoms with E-state index in [2.05, 4.69) is 74.6 Å². The third-order valence-electron chi connectivity index (χ3n) is 4.02. The number of benzene rings is 2. The average molecular weight is 281 g/mol. The van der Waals surface area contributed by atoms with Gasteiger partial charge in [0.15, 0.2) is 0 Å². The van der Waals surface area contributed by atoms with Gasteiger partial charge in [-0.25, -0.2) is 0 Å². The first-order valence-electron chi connectivity index (χ1n) is 8.17. The van der Waals surface area contributed by atoms with Gasteiger partial charge in [-0.1, -0.05) is 56.7 Å². The van der Waals surface area contributed by atoms with E-state index in [9.17, 15) is 0 Å². The molecule has 0 amide bonds. The molecule has 0 saturated heterocycles. The lowest BCUT2D eigenvalue weighted by molar-refractivity contribution is 0.793. The Kier molecular flexibility index (Phi) is 5.86. The lowest BCUT2D eigenvalue weighted by Gasteiger charge is -2.17. The maximum Gasteiger partial charge on any atom is 0.0485 e. The average Bonchev–Trinajstić information content (AvgIpc) is 2.53. The first-order chi connectivity index (χ1) is 10.2. The molecule has 0 aliphatic carbocycles.